The molecule has 2 unspecified atom stereocenters. The Morgan fingerprint density at radius 1 is 1.34 bits per heavy atom. The van der Waals surface area contributed by atoms with E-state index in [2.05, 4.69) is 34.5 Å². The molecule has 2 heterocycles. The van der Waals surface area contributed by atoms with E-state index in [-0.39, 0.29) is 17.2 Å². The molecule has 1 fully saturated rings. The summed E-state index contributed by atoms with van der Waals surface area (Å²) in [5.74, 6) is 1.08. The first-order valence-corrected chi connectivity index (χ1v) is 10.0. The molecule has 2 aromatic heterocycles. The normalized spacial score (nSPS) is 23.8. The number of hydrazone groups is 1. The van der Waals surface area contributed by atoms with Gasteiger partial charge in [0.1, 0.15) is 5.82 Å². The van der Waals surface area contributed by atoms with Gasteiger partial charge < -0.3 is 4.98 Å². The van der Waals surface area contributed by atoms with Crippen molar-refractivity contribution < 1.29 is 4.79 Å². The maximum Gasteiger partial charge on any atom is 0.246 e. The van der Waals surface area contributed by atoms with Crippen molar-refractivity contribution in [3.63, 3.8) is 0 Å². The zero-order valence-corrected chi connectivity index (χ0v) is 17.7. The molecule has 152 valence electrons. The molecular formula is C22H28N6O. The number of hydrogen-bond donors (Lipinski definition) is 2. The molecule has 0 bridgehead atoms. The van der Waals surface area contributed by atoms with Crippen molar-refractivity contribution in [2.45, 2.75) is 46.5 Å². The van der Waals surface area contributed by atoms with Gasteiger partial charge in [-0.1, -0.05) is 32.9 Å². The van der Waals surface area contributed by atoms with E-state index >= 15 is 0 Å². The van der Waals surface area contributed by atoms with Gasteiger partial charge in [-0.15, -0.1) is 0 Å². The van der Waals surface area contributed by atoms with Crippen LogP contribution in [0.3, 0.4) is 0 Å². The van der Waals surface area contributed by atoms with Gasteiger partial charge in [0.2, 0.25) is 5.91 Å². The number of aromatic amines is 1. The predicted octanol–water partition coefficient (Wildman–Crippen LogP) is 3.67. The van der Waals surface area contributed by atoms with Crippen molar-refractivity contribution in [2.24, 2.45) is 23.0 Å². The van der Waals surface area contributed by atoms with Gasteiger partial charge in [0.15, 0.2) is 0 Å². The highest BCUT2D eigenvalue weighted by Crippen LogP contribution is 2.59. The number of para-hydroxylation sites is 2. The number of imidazole rings is 1. The lowest BCUT2D eigenvalue weighted by Crippen LogP contribution is -2.45. The number of aromatic nitrogens is 4. The summed E-state index contributed by atoms with van der Waals surface area (Å²) in [5, 5.41) is 8.49. The average Bonchev–Trinajstić information content (AvgIpc) is 3.29. The Morgan fingerprint density at radius 3 is 2.79 bits per heavy atom. The van der Waals surface area contributed by atoms with Gasteiger partial charge in [0, 0.05) is 24.7 Å². The van der Waals surface area contributed by atoms with Gasteiger partial charge in [0.25, 0.3) is 0 Å². The molecule has 0 aliphatic heterocycles. The van der Waals surface area contributed by atoms with Crippen LogP contribution in [0, 0.1) is 17.8 Å². The third-order valence-corrected chi connectivity index (χ3v) is 6.89. The Labute approximate surface area is 170 Å². The van der Waals surface area contributed by atoms with Gasteiger partial charge in [-0.3, -0.25) is 9.48 Å². The van der Waals surface area contributed by atoms with Crippen molar-refractivity contribution in [1.29, 1.82) is 0 Å². The Bertz CT molecular complexity index is 1060. The third-order valence-electron chi connectivity index (χ3n) is 6.89. The first-order chi connectivity index (χ1) is 13.7. The van der Waals surface area contributed by atoms with Crippen LogP contribution in [-0.2, 0) is 11.8 Å². The summed E-state index contributed by atoms with van der Waals surface area (Å²) in [6, 6.07) is 8.04. The number of carbonyl (C=O) groups is 1. The minimum atomic E-state index is -0.544. The first kappa shape index (κ1) is 19.4. The van der Waals surface area contributed by atoms with Crippen LogP contribution in [0.4, 0.5) is 0 Å². The third kappa shape index (κ3) is 3.14. The van der Waals surface area contributed by atoms with Crippen LogP contribution in [0.25, 0.3) is 11.0 Å². The van der Waals surface area contributed by atoms with Crippen LogP contribution in [0.1, 0.15) is 56.6 Å². The largest absolute Gasteiger partial charge is 0.342 e. The highest BCUT2D eigenvalue weighted by atomic mass is 16.2. The molecule has 7 nitrogen and oxygen atoms in total. The summed E-state index contributed by atoms with van der Waals surface area (Å²) in [6.45, 7) is 8.27. The zero-order chi connectivity index (χ0) is 20.8. The Balaban J connectivity index is 1.54. The molecule has 1 aliphatic rings. The van der Waals surface area contributed by atoms with E-state index in [1.807, 2.05) is 51.4 Å². The number of hydrogen-bond acceptors (Lipinski definition) is 4. The predicted molar refractivity (Wildman–Crippen MR) is 114 cm³/mol. The summed E-state index contributed by atoms with van der Waals surface area (Å²) in [7, 11) is 1.86. The molecular weight excluding hydrogens is 364 g/mol. The van der Waals surface area contributed by atoms with Crippen LogP contribution in [0.5, 0.6) is 0 Å². The number of aryl methyl sites for hydroxylation is 2. The van der Waals surface area contributed by atoms with E-state index in [9.17, 15) is 4.79 Å². The highest BCUT2D eigenvalue weighted by Gasteiger charge is 2.57. The van der Waals surface area contributed by atoms with Crippen molar-refractivity contribution in [1.82, 2.24) is 25.2 Å². The van der Waals surface area contributed by atoms with E-state index in [0.717, 1.165) is 41.0 Å². The van der Waals surface area contributed by atoms with Gasteiger partial charge in [-0.05, 0) is 37.3 Å². The Morgan fingerprint density at radius 2 is 2.10 bits per heavy atom. The van der Waals surface area contributed by atoms with Crippen molar-refractivity contribution >= 4 is 23.2 Å². The van der Waals surface area contributed by atoms with Gasteiger partial charge in [0.05, 0.1) is 28.4 Å². The fraction of sp³-hybridized carbons (Fsp3) is 0.455. The maximum absolute atomic E-state index is 13.1. The molecule has 1 aliphatic carbocycles. The minimum Gasteiger partial charge on any atom is -0.342 e. The molecule has 0 spiro atoms. The van der Waals surface area contributed by atoms with Crippen LogP contribution in [0.15, 0.2) is 35.6 Å². The number of amides is 1. The van der Waals surface area contributed by atoms with Crippen molar-refractivity contribution in [2.75, 3.05) is 0 Å². The number of H-pyrrole nitrogens is 1. The van der Waals surface area contributed by atoms with Crippen LogP contribution < -0.4 is 5.43 Å². The maximum atomic E-state index is 13.1. The lowest BCUT2D eigenvalue weighted by atomic mass is 9.65. The quantitative estimate of drug-likeness (QED) is 0.525. The van der Waals surface area contributed by atoms with Crippen molar-refractivity contribution in [3.05, 3.63) is 47.5 Å². The number of fused-ring (bicyclic) bond motifs is 1. The van der Waals surface area contributed by atoms with Crippen LogP contribution in [-0.4, -0.2) is 31.9 Å². The molecule has 2 atom stereocenters. The van der Waals surface area contributed by atoms with E-state index in [1.54, 1.807) is 10.9 Å². The number of nitrogens with zero attached hydrogens (tertiary/aromatic N) is 4. The van der Waals surface area contributed by atoms with E-state index < -0.39 is 5.41 Å². The summed E-state index contributed by atoms with van der Waals surface area (Å²) in [6.07, 6.45) is 5.23. The fourth-order valence-electron chi connectivity index (χ4n) is 4.55. The molecule has 3 aromatic rings. The standard InChI is InChI=1S/C22H28N6O/c1-14-15(13-28(5)27-14)12-23-26-20(29)22(4)11-10-16(21(22,2)3)19-24-17-8-6-7-9-18(17)25-19/h6-9,12-13,16H,10-11H2,1-5H3,(H,24,25)(H,26,29). The Hall–Kier alpha value is -2.96. The smallest absolute Gasteiger partial charge is 0.246 e. The monoisotopic (exact) mass is 392 g/mol. The SMILES string of the molecule is Cc1nn(C)cc1C=NNC(=O)C1(C)CCC(c2nc3ccccc3[nH]2)C1(C)C. The number of benzene rings is 1. The molecule has 4 rings (SSSR count). The lowest BCUT2D eigenvalue weighted by molar-refractivity contribution is -0.135. The zero-order valence-electron chi connectivity index (χ0n) is 17.7. The van der Waals surface area contributed by atoms with Gasteiger partial charge in [-0.25, -0.2) is 10.4 Å². The van der Waals surface area contributed by atoms with E-state index in [1.165, 1.54) is 0 Å². The fourth-order valence-corrected chi connectivity index (χ4v) is 4.55. The molecule has 0 radical (unpaired) electrons. The molecule has 1 amide bonds. The molecule has 1 aromatic carbocycles. The highest BCUT2D eigenvalue weighted by molar-refractivity contribution is 5.86. The lowest BCUT2D eigenvalue weighted by Gasteiger charge is -2.39. The Kier molecular flexibility index (Phi) is 4.56. The van der Waals surface area contributed by atoms with E-state index in [0.29, 0.717) is 0 Å². The summed E-state index contributed by atoms with van der Waals surface area (Å²) < 4.78 is 1.73. The summed E-state index contributed by atoms with van der Waals surface area (Å²) in [4.78, 5) is 21.4. The second kappa shape index (κ2) is 6.83. The van der Waals surface area contributed by atoms with E-state index in [4.69, 9.17) is 4.98 Å². The first-order valence-electron chi connectivity index (χ1n) is 10.0. The number of nitrogens with one attached hydrogen (secondary N) is 2. The van der Waals surface area contributed by atoms with Gasteiger partial charge in [-0.2, -0.15) is 10.2 Å². The molecule has 0 saturated heterocycles. The summed E-state index contributed by atoms with van der Waals surface area (Å²) in [5.41, 5.74) is 5.72. The van der Waals surface area contributed by atoms with Crippen LogP contribution >= 0.6 is 0 Å². The summed E-state index contributed by atoms with van der Waals surface area (Å²) >= 11 is 0. The minimum absolute atomic E-state index is 0.0566. The number of carbonyl (C=O) groups excluding carboxylic acids is 1. The molecule has 7 heteroatoms. The van der Waals surface area contributed by atoms with Gasteiger partial charge >= 0.3 is 0 Å². The van der Waals surface area contributed by atoms with Crippen LogP contribution in [0.2, 0.25) is 0 Å². The average molecular weight is 393 g/mol. The second-order valence-corrected chi connectivity index (χ2v) is 8.83. The topological polar surface area (TPSA) is 88.0 Å². The molecule has 29 heavy (non-hydrogen) atoms. The number of rotatable bonds is 4. The molecule has 2 N–H and O–H groups in total. The van der Waals surface area contributed by atoms with Crippen molar-refractivity contribution in [3.8, 4) is 0 Å². The second-order valence-electron chi connectivity index (χ2n) is 8.83. The molecule has 1 saturated carbocycles.